The molecule has 1 saturated carbocycles. The molecule has 1 fully saturated rings. The molecule has 0 saturated heterocycles. The predicted octanol–water partition coefficient (Wildman–Crippen LogP) is 0.902. The summed E-state index contributed by atoms with van der Waals surface area (Å²) in [4.78, 5) is 22.0. The Hall–Kier alpha value is -0.910. The summed E-state index contributed by atoms with van der Waals surface area (Å²) in [6.07, 6.45) is 4.02. The molecule has 6 heteroatoms. The number of carboxylic acid groups (broad SMARTS) is 1. The first-order valence-electron chi connectivity index (χ1n) is 5.38. The molecule has 0 aromatic rings. The number of hydrogen-bond acceptors (Lipinski definition) is 3. The fourth-order valence-electron chi connectivity index (χ4n) is 1.51. The van der Waals surface area contributed by atoms with Crippen molar-refractivity contribution in [3.63, 3.8) is 0 Å². The third kappa shape index (κ3) is 5.25. The first kappa shape index (κ1) is 13.2. The summed E-state index contributed by atoms with van der Waals surface area (Å²) in [7, 11) is 0. The number of hydrogen-bond donors (Lipinski definition) is 3. The zero-order valence-corrected chi connectivity index (χ0v) is 10.2. The van der Waals surface area contributed by atoms with Crippen LogP contribution in [0, 0.1) is 5.92 Å². The average Bonchev–Trinajstić information content (AvgIpc) is 2.99. The second kappa shape index (κ2) is 6.62. The molecule has 1 aliphatic rings. The van der Waals surface area contributed by atoms with Crippen LogP contribution in [0.4, 0.5) is 4.79 Å². The van der Waals surface area contributed by atoms with Crippen molar-refractivity contribution in [1.29, 1.82) is 0 Å². The van der Waals surface area contributed by atoms with Gasteiger partial charge in [0, 0.05) is 18.3 Å². The predicted molar refractivity (Wildman–Crippen MR) is 63.7 cm³/mol. The number of carboxylic acids is 1. The zero-order chi connectivity index (χ0) is 12.0. The molecular weight excluding hydrogens is 228 g/mol. The number of thioether (sulfide) groups is 1. The minimum atomic E-state index is -0.860. The topological polar surface area (TPSA) is 78.4 Å². The Bertz CT molecular complexity index is 256. The summed E-state index contributed by atoms with van der Waals surface area (Å²) in [6.45, 7) is 0.609. The molecule has 16 heavy (non-hydrogen) atoms. The molecule has 92 valence electrons. The highest BCUT2D eigenvalue weighted by Crippen LogP contribution is 2.33. The summed E-state index contributed by atoms with van der Waals surface area (Å²) >= 11 is 1.66. The normalized spacial score (nSPS) is 16.6. The standard InChI is InChI=1S/C10H18N2O3S/c1-16-5-4-11-10(15)12-8(6-9(13)14)7-2-3-7/h7-8H,2-6H2,1H3,(H,13,14)(H2,11,12,15). The molecule has 0 spiro atoms. The van der Waals surface area contributed by atoms with Gasteiger partial charge in [-0.25, -0.2) is 4.79 Å². The number of urea groups is 1. The number of aliphatic carboxylic acids is 1. The Balaban J connectivity index is 2.24. The quantitative estimate of drug-likeness (QED) is 0.583. The third-order valence-corrected chi connectivity index (χ3v) is 3.11. The summed E-state index contributed by atoms with van der Waals surface area (Å²) < 4.78 is 0. The van der Waals surface area contributed by atoms with Crippen molar-refractivity contribution in [3.8, 4) is 0 Å². The highest BCUT2D eigenvalue weighted by atomic mass is 32.2. The van der Waals surface area contributed by atoms with Gasteiger partial charge in [0.1, 0.15) is 0 Å². The fourth-order valence-corrected chi connectivity index (χ4v) is 1.81. The van der Waals surface area contributed by atoms with Gasteiger partial charge in [0.25, 0.3) is 0 Å². The van der Waals surface area contributed by atoms with E-state index in [-0.39, 0.29) is 18.5 Å². The van der Waals surface area contributed by atoms with Crippen molar-refractivity contribution < 1.29 is 14.7 Å². The molecule has 2 amide bonds. The van der Waals surface area contributed by atoms with E-state index in [4.69, 9.17) is 5.11 Å². The highest BCUT2D eigenvalue weighted by Gasteiger charge is 2.33. The second-order valence-corrected chi connectivity index (χ2v) is 4.92. The molecule has 0 bridgehead atoms. The van der Waals surface area contributed by atoms with Gasteiger partial charge < -0.3 is 15.7 Å². The maximum atomic E-state index is 11.4. The Kier molecular flexibility index (Phi) is 5.45. The van der Waals surface area contributed by atoms with Gasteiger partial charge in [-0.1, -0.05) is 0 Å². The van der Waals surface area contributed by atoms with E-state index in [1.807, 2.05) is 6.26 Å². The number of carbonyl (C=O) groups excluding carboxylic acids is 1. The van der Waals surface area contributed by atoms with Crippen LogP contribution in [0.2, 0.25) is 0 Å². The molecule has 0 heterocycles. The van der Waals surface area contributed by atoms with Gasteiger partial charge in [0.15, 0.2) is 0 Å². The van der Waals surface area contributed by atoms with Gasteiger partial charge >= 0.3 is 12.0 Å². The van der Waals surface area contributed by atoms with E-state index in [0.717, 1.165) is 18.6 Å². The molecule has 0 aromatic carbocycles. The van der Waals surface area contributed by atoms with Crippen LogP contribution >= 0.6 is 11.8 Å². The molecular formula is C10H18N2O3S. The van der Waals surface area contributed by atoms with Crippen molar-refractivity contribution in [2.75, 3.05) is 18.6 Å². The molecule has 0 aromatic heterocycles. The van der Waals surface area contributed by atoms with Crippen molar-refractivity contribution >= 4 is 23.8 Å². The third-order valence-electron chi connectivity index (χ3n) is 2.49. The molecule has 3 N–H and O–H groups in total. The van der Waals surface area contributed by atoms with E-state index in [0.29, 0.717) is 12.5 Å². The maximum absolute atomic E-state index is 11.4. The molecule has 1 aliphatic carbocycles. The van der Waals surface area contributed by atoms with Gasteiger partial charge in [0.05, 0.1) is 6.42 Å². The average molecular weight is 246 g/mol. The van der Waals surface area contributed by atoms with Crippen LogP contribution in [0.5, 0.6) is 0 Å². The van der Waals surface area contributed by atoms with E-state index in [2.05, 4.69) is 10.6 Å². The van der Waals surface area contributed by atoms with Crippen LogP contribution in [0.1, 0.15) is 19.3 Å². The van der Waals surface area contributed by atoms with Crippen LogP contribution in [0.25, 0.3) is 0 Å². The summed E-state index contributed by atoms with van der Waals surface area (Å²) in [6, 6.07) is -0.473. The van der Waals surface area contributed by atoms with Gasteiger partial charge in [-0.15, -0.1) is 0 Å². The molecule has 0 aliphatic heterocycles. The van der Waals surface area contributed by atoms with E-state index in [9.17, 15) is 9.59 Å². The number of carbonyl (C=O) groups is 2. The molecule has 1 rings (SSSR count). The van der Waals surface area contributed by atoms with E-state index >= 15 is 0 Å². The highest BCUT2D eigenvalue weighted by molar-refractivity contribution is 7.98. The van der Waals surface area contributed by atoms with Crippen molar-refractivity contribution in [3.05, 3.63) is 0 Å². The Labute approximate surface area is 99.4 Å². The Morgan fingerprint density at radius 3 is 2.69 bits per heavy atom. The summed E-state index contributed by atoms with van der Waals surface area (Å²) in [5.41, 5.74) is 0. The van der Waals surface area contributed by atoms with Crippen LogP contribution in [0.15, 0.2) is 0 Å². The van der Waals surface area contributed by atoms with Crippen molar-refractivity contribution in [2.24, 2.45) is 5.92 Å². The summed E-state index contributed by atoms with van der Waals surface area (Å²) in [5.74, 6) is 0.351. The Morgan fingerprint density at radius 1 is 1.50 bits per heavy atom. The fraction of sp³-hybridized carbons (Fsp3) is 0.800. The van der Waals surface area contributed by atoms with E-state index < -0.39 is 5.97 Å². The lowest BCUT2D eigenvalue weighted by Crippen LogP contribution is -2.44. The van der Waals surface area contributed by atoms with Crippen LogP contribution in [0.3, 0.4) is 0 Å². The first-order valence-corrected chi connectivity index (χ1v) is 6.78. The first-order chi connectivity index (χ1) is 7.63. The molecule has 0 radical (unpaired) electrons. The van der Waals surface area contributed by atoms with Crippen LogP contribution < -0.4 is 10.6 Å². The SMILES string of the molecule is CSCCNC(=O)NC(CC(=O)O)C1CC1. The van der Waals surface area contributed by atoms with E-state index in [1.165, 1.54) is 0 Å². The van der Waals surface area contributed by atoms with Gasteiger partial charge in [-0.2, -0.15) is 11.8 Å². The van der Waals surface area contributed by atoms with Crippen molar-refractivity contribution in [2.45, 2.75) is 25.3 Å². The van der Waals surface area contributed by atoms with Gasteiger partial charge in [-0.3, -0.25) is 4.79 Å². The number of nitrogens with one attached hydrogen (secondary N) is 2. The van der Waals surface area contributed by atoms with Crippen molar-refractivity contribution in [1.82, 2.24) is 10.6 Å². The number of amides is 2. The van der Waals surface area contributed by atoms with Crippen LogP contribution in [-0.2, 0) is 4.79 Å². The molecule has 5 nitrogen and oxygen atoms in total. The molecule has 1 atom stereocenters. The van der Waals surface area contributed by atoms with E-state index in [1.54, 1.807) is 11.8 Å². The van der Waals surface area contributed by atoms with Gasteiger partial charge in [0.2, 0.25) is 0 Å². The maximum Gasteiger partial charge on any atom is 0.315 e. The lowest BCUT2D eigenvalue weighted by Gasteiger charge is -2.16. The molecule has 1 unspecified atom stereocenters. The van der Waals surface area contributed by atoms with Crippen LogP contribution in [-0.4, -0.2) is 41.7 Å². The summed E-state index contributed by atoms with van der Waals surface area (Å²) in [5, 5.41) is 14.1. The minimum Gasteiger partial charge on any atom is -0.481 e. The lowest BCUT2D eigenvalue weighted by molar-refractivity contribution is -0.137. The van der Waals surface area contributed by atoms with Gasteiger partial charge in [-0.05, 0) is 25.0 Å². The largest absolute Gasteiger partial charge is 0.481 e. The Morgan fingerprint density at radius 2 is 2.19 bits per heavy atom. The minimum absolute atomic E-state index is 0.0145. The zero-order valence-electron chi connectivity index (χ0n) is 9.36. The number of rotatable bonds is 7. The second-order valence-electron chi connectivity index (χ2n) is 3.93. The smallest absolute Gasteiger partial charge is 0.315 e. The lowest BCUT2D eigenvalue weighted by atomic mass is 10.1. The monoisotopic (exact) mass is 246 g/mol.